The van der Waals surface area contributed by atoms with Crippen molar-refractivity contribution < 1.29 is 5.11 Å². The van der Waals surface area contributed by atoms with Crippen molar-refractivity contribution in [3.05, 3.63) is 12.2 Å². The Morgan fingerprint density at radius 3 is 1.50 bits per heavy atom. The summed E-state index contributed by atoms with van der Waals surface area (Å²) in [5.41, 5.74) is 1.17. The van der Waals surface area contributed by atoms with Crippen molar-refractivity contribution in [1.29, 1.82) is 0 Å². The Morgan fingerprint density at radius 1 is 1.14 bits per heavy atom. The fraction of sp³-hybridized carbons (Fsp3) is 0.818. The molecule has 0 spiro atoms. The molecule has 0 radical (unpaired) electrons. The van der Waals surface area contributed by atoms with E-state index >= 15 is 0 Å². The van der Waals surface area contributed by atoms with Crippen molar-refractivity contribution >= 4 is 0 Å². The molecule has 0 atom stereocenters. The number of nitrogens with one attached hydrogen (secondary N) is 2. The second kappa shape index (κ2) is 22.9. The smallest absolute Gasteiger partial charge is 0.0555 e. The van der Waals surface area contributed by atoms with Gasteiger partial charge in [-0.3, -0.25) is 0 Å². The van der Waals surface area contributed by atoms with Crippen LogP contribution in [0, 0.1) is 0 Å². The van der Waals surface area contributed by atoms with Crippen LogP contribution < -0.4 is 10.6 Å². The molecule has 14 heavy (non-hydrogen) atoms. The van der Waals surface area contributed by atoms with Crippen LogP contribution in [0.15, 0.2) is 12.2 Å². The van der Waals surface area contributed by atoms with E-state index in [0.29, 0.717) is 6.54 Å². The highest BCUT2D eigenvalue weighted by Crippen LogP contribution is 1.73. The zero-order valence-electron chi connectivity index (χ0n) is 10.5. The monoisotopic (exact) mass is 204 g/mol. The highest BCUT2D eigenvalue weighted by Gasteiger charge is 1.66. The molecule has 0 aliphatic carbocycles. The van der Waals surface area contributed by atoms with Crippen LogP contribution in [-0.2, 0) is 0 Å². The number of aliphatic hydroxyl groups excluding tert-OH is 1. The molecule has 3 nitrogen and oxygen atoms in total. The first kappa shape index (κ1) is 19.2. The van der Waals surface area contributed by atoms with E-state index in [-0.39, 0.29) is 6.61 Å². The number of rotatable bonds is 4. The van der Waals surface area contributed by atoms with Crippen molar-refractivity contribution in [1.82, 2.24) is 10.6 Å². The zero-order chi connectivity index (χ0) is 11.8. The molecule has 0 aromatic carbocycles. The largest absolute Gasteiger partial charge is 0.395 e. The van der Waals surface area contributed by atoms with E-state index in [1.165, 1.54) is 12.0 Å². The van der Waals surface area contributed by atoms with Crippen LogP contribution in [0.1, 0.15) is 27.2 Å². The molecule has 0 fully saturated rings. The maximum atomic E-state index is 8.00. The standard InChI is InChI=1S/C4H11N.C4H8.C3H9NO/c1-3-4-5-2;1-4(2)3;1-4-2-3-5/h5H,3-4H2,1-2H3;1H2,2-3H3;4-5H,2-3H2,1H3. The summed E-state index contributed by atoms with van der Waals surface area (Å²) in [6.07, 6.45) is 1.23. The van der Waals surface area contributed by atoms with Gasteiger partial charge in [-0.05, 0) is 40.9 Å². The van der Waals surface area contributed by atoms with Gasteiger partial charge < -0.3 is 15.7 Å². The SMILES string of the molecule is C=C(C)C.CCCNC.CNCCO. The Morgan fingerprint density at radius 2 is 1.50 bits per heavy atom. The van der Waals surface area contributed by atoms with Crippen molar-refractivity contribution in [3.8, 4) is 0 Å². The predicted molar refractivity (Wildman–Crippen MR) is 65.7 cm³/mol. The molecule has 0 aromatic rings. The van der Waals surface area contributed by atoms with Gasteiger partial charge in [-0.1, -0.05) is 12.5 Å². The maximum Gasteiger partial charge on any atom is 0.0555 e. The Kier molecular flexibility index (Phi) is 31.5. The lowest BCUT2D eigenvalue weighted by atomic mass is 10.4. The van der Waals surface area contributed by atoms with E-state index in [9.17, 15) is 0 Å². The van der Waals surface area contributed by atoms with Crippen LogP contribution in [0.2, 0.25) is 0 Å². The highest BCUT2D eigenvalue weighted by atomic mass is 16.3. The minimum atomic E-state index is 0.233. The average Bonchev–Trinajstić information content (AvgIpc) is 2.07. The van der Waals surface area contributed by atoms with E-state index in [4.69, 9.17) is 5.11 Å². The molecule has 3 N–H and O–H groups in total. The number of hydrogen-bond acceptors (Lipinski definition) is 3. The summed E-state index contributed by atoms with van der Waals surface area (Å²) < 4.78 is 0. The molecular weight excluding hydrogens is 176 g/mol. The molecule has 0 aliphatic rings. The van der Waals surface area contributed by atoms with Crippen LogP contribution >= 0.6 is 0 Å². The molecular formula is C11H28N2O. The molecule has 0 saturated heterocycles. The van der Waals surface area contributed by atoms with E-state index in [2.05, 4.69) is 24.1 Å². The van der Waals surface area contributed by atoms with Crippen molar-refractivity contribution in [2.45, 2.75) is 27.2 Å². The number of allylic oxidation sites excluding steroid dienone is 1. The van der Waals surface area contributed by atoms with Crippen LogP contribution in [-0.4, -0.2) is 38.9 Å². The molecule has 0 saturated carbocycles. The first-order valence-electron chi connectivity index (χ1n) is 5.08. The summed E-state index contributed by atoms with van der Waals surface area (Å²) in [7, 11) is 3.76. The first-order chi connectivity index (χ1) is 6.56. The normalized spacial score (nSPS) is 7.86. The third-order valence-electron chi connectivity index (χ3n) is 0.862. The predicted octanol–water partition coefficient (Wildman–Crippen LogP) is 1.40. The van der Waals surface area contributed by atoms with Gasteiger partial charge in [-0.2, -0.15) is 0 Å². The van der Waals surface area contributed by atoms with E-state index in [0.717, 1.165) is 6.54 Å². The van der Waals surface area contributed by atoms with Gasteiger partial charge in [0.15, 0.2) is 0 Å². The summed E-state index contributed by atoms with van der Waals surface area (Å²) in [6.45, 7) is 11.7. The fourth-order valence-electron chi connectivity index (χ4n) is 0.362. The lowest BCUT2D eigenvalue weighted by Gasteiger charge is -1.84. The van der Waals surface area contributed by atoms with Crippen LogP contribution in [0.3, 0.4) is 0 Å². The lowest BCUT2D eigenvalue weighted by molar-refractivity contribution is 0.296. The van der Waals surface area contributed by atoms with Crippen LogP contribution in [0.25, 0.3) is 0 Å². The maximum absolute atomic E-state index is 8.00. The van der Waals surface area contributed by atoms with Crippen molar-refractivity contribution in [3.63, 3.8) is 0 Å². The Hall–Kier alpha value is -0.380. The van der Waals surface area contributed by atoms with E-state index in [1.807, 2.05) is 20.9 Å². The molecule has 0 aromatic heterocycles. The van der Waals surface area contributed by atoms with Crippen molar-refractivity contribution in [2.24, 2.45) is 0 Å². The van der Waals surface area contributed by atoms with Gasteiger partial charge in [0, 0.05) is 6.54 Å². The van der Waals surface area contributed by atoms with Crippen LogP contribution in [0.5, 0.6) is 0 Å². The molecule has 0 amide bonds. The van der Waals surface area contributed by atoms with Gasteiger partial charge >= 0.3 is 0 Å². The molecule has 0 bridgehead atoms. The molecule has 0 unspecified atom stereocenters. The van der Waals surface area contributed by atoms with Crippen LogP contribution in [0.4, 0.5) is 0 Å². The van der Waals surface area contributed by atoms with Gasteiger partial charge in [0.25, 0.3) is 0 Å². The number of aliphatic hydroxyl groups is 1. The second-order valence-electron chi connectivity index (χ2n) is 3.14. The molecule has 0 aliphatic heterocycles. The van der Waals surface area contributed by atoms with Gasteiger partial charge in [0.1, 0.15) is 0 Å². The Balaban J connectivity index is -0.000000131. The summed E-state index contributed by atoms with van der Waals surface area (Å²) in [5, 5.41) is 13.8. The first-order valence-corrected chi connectivity index (χ1v) is 5.08. The third kappa shape index (κ3) is 100. The Labute approximate surface area is 89.6 Å². The zero-order valence-corrected chi connectivity index (χ0v) is 10.5. The Bertz CT molecular complexity index is 81.3. The van der Waals surface area contributed by atoms with E-state index < -0.39 is 0 Å². The molecule has 3 heteroatoms. The summed E-state index contributed by atoms with van der Waals surface area (Å²) in [6, 6.07) is 0. The fourth-order valence-corrected chi connectivity index (χ4v) is 0.362. The number of likely N-dealkylation sites (N-methyl/N-ethyl adjacent to an activating group) is 1. The number of hydrogen-bond donors (Lipinski definition) is 3. The highest BCUT2D eigenvalue weighted by molar-refractivity contribution is 4.78. The molecule has 0 rings (SSSR count). The van der Waals surface area contributed by atoms with Gasteiger partial charge in [0.05, 0.1) is 6.61 Å². The van der Waals surface area contributed by atoms with E-state index in [1.54, 1.807) is 7.05 Å². The van der Waals surface area contributed by atoms with Gasteiger partial charge in [0.2, 0.25) is 0 Å². The minimum absolute atomic E-state index is 0.233. The molecule has 0 heterocycles. The average molecular weight is 204 g/mol. The topological polar surface area (TPSA) is 44.3 Å². The summed E-state index contributed by atoms with van der Waals surface area (Å²) in [4.78, 5) is 0. The second-order valence-corrected chi connectivity index (χ2v) is 3.14. The van der Waals surface area contributed by atoms with Gasteiger partial charge in [-0.25, -0.2) is 0 Å². The van der Waals surface area contributed by atoms with Gasteiger partial charge in [-0.15, -0.1) is 6.58 Å². The quantitative estimate of drug-likeness (QED) is 0.607. The third-order valence-corrected chi connectivity index (χ3v) is 0.862. The minimum Gasteiger partial charge on any atom is -0.395 e. The lowest BCUT2D eigenvalue weighted by Crippen LogP contribution is -2.10. The molecule has 88 valence electrons. The van der Waals surface area contributed by atoms with Crippen molar-refractivity contribution in [2.75, 3.05) is 33.8 Å². The summed E-state index contributed by atoms with van der Waals surface area (Å²) >= 11 is 0. The summed E-state index contributed by atoms with van der Waals surface area (Å²) in [5.74, 6) is 0.